The van der Waals surface area contributed by atoms with Crippen molar-refractivity contribution in [2.45, 2.75) is 58.0 Å². The summed E-state index contributed by atoms with van der Waals surface area (Å²) in [5, 5.41) is 9.99. The fraction of sp³-hybridized carbons (Fsp3) is 1.00. The lowest BCUT2D eigenvalue weighted by Gasteiger charge is -2.34. The van der Waals surface area contributed by atoms with Gasteiger partial charge in [-0.2, -0.15) is 0 Å². The van der Waals surface area contributed by atoms with Crippen molar-refractivity contribution in [3.8, 4) is 0 Å². The van der Waals surface area contributed by atoms with Gasteiger partial charge in [0.05, 0.1) is 5.60 Å². The molecule has 0 saturated heterocycles. The van der Waals surface area contributed by atoms with Crippen LogP contribution >= 0.6 is 0 Å². The van der Waals surface area contributed by atoms with Gasteiger partial charge in [0.1, 0.15) is 0 Å². The minimum Gasteiger partial charge on any atom is -0.390 e. The maximum absolute atomic E-state index is 9.99. The maximum atomic E-state index is 9.99. The van der Waals surface area contributed by atoms with Crippen LogP contribution in [0.2, 0.25) is 0 Å². The van der Waals surface area contributed by atoms with E-state index < -0.39 is 0 Å². The molecule has 1 heteroatoms. The summed E-state index contributed by atoms with van der Waals surface area (Å²) in [5.41, 5.74) is -0.290. The normalized spacial score (nSPS) is 39.0. The van der Waals surface area contributed by atoms with Crippen LogP contribution in [-0.2, 0) is 0 Å². The Hall–Kier alpha value is -0.0400. The van der Waals surface area contributed by atoms with Gasteiger partial charge in [0.2, 0.25) is 0 Å². The first-order chi connectivity index (χ1) is 5.16. The quantitative estimate of drug-likeness (QED) is 0.651. The molecule has 1 fully saturated rings. The second-order valence-electron chi connectivity index (χ2n) is 4.16. The zero-order chi connectivity index (χ0) is 8.32. The van der Waals surface area contributed by atoms with E-state index in [0.29, 0.717) is 0 Å². The van der Waals surface area contributed by atoms with Crippen molar-refractivity contribution < 1.29 is 5.11 Å². The largest absolute Gasteiger partial charge is 0.390 e. The molecule has 66 valence electrons. The van der Waals surface area contributed by atoms with Gasteiger partial charge in [-0.15, -0.1) is 0 Å². The lowest BCUT2D eigenvalue weighted by Crippen LogP contribution is -2.33. The van der Waals surface area contributed by atoms with E-state index in [-0.39, 0.29) is 5.60 Å². The molecule has 0 amide bonds. The zero-order valence-corrected chi connectivity index (χ0v) is 7.77. The Morgan fingerprint density at radius 3 is 2.36 bits per heavy atom. The van der Waals surface area contributed by atoms with Crippen molar-refractivity contribution in [2.24, 2.45) is 5.92 Å². The van der Waals surface area contributed by atoms with Gasteiger partial charge in [0, 0.05) is 0 Å². The van der Waals surface area contributed by atoms with Crippen LogP contribution < -0.4 is 0 Å². The lowest BCUT2D eigenvalue weighted by atomic mass is 9.77. The molecule has 0 heterocycles. The third-order valence-electron chi connectivity index (χ3n) is 2.92. The predicted octanol–water partition coefficient (Wildman–Crippen LogP) is 2.73. The monoisotopic (exact) mass is 156 g/mol. The van der Waals surface area contributed by atoms with Gasteiger partial charge in [0.25, 0.3) is 0 Å². The van der Waals surface area contributed by atoms with Crippen LogP contribution in [0.5, 0.6) is 0 Å². The highest BCUT2D eigenvalue weighted by Gasteiger charge is 2.30. The summed E-state index contributed by atoms with van der Waals surface area (Å²) < 4.78 is 0. The Kier molecular flexibility index (Phi) is 2.94. The molecular weight excluding hydrogens is 136 g/mol. The van der Waals surface area contributed by atoms with Gasteiger partial charge in [-0.05, 0) is 38.0 Å². The Balaban J connectivity index is 2.35. The van der Waals surface area contributed by atoms with Crippen LogP contribution in [0.4, 0.5) is 0 Å². The fourth-order valence-electron chi connectivity index (χ4n) is 2.01. The van der Waals surface area contributed by atoms with E-state index in [4.69, 9.17) is 0 Å². The van der Waals surface area contributed by atoms with Gasteiger partial charge < -0.3 is 5.11 Å². The number of rotatable bonds is 2. The molecule has 1 N–H and O–H groups in total. The van der Waals surface area contributed by atoms with Crippen LogP contribution in [0.3, 0.4) is 0 Å². The Morgan fingerprint density at radius 2 is 1.91 bits per heavy atom. The van der Waals surface area contributed by atoms with E-state index in [2.05, 4.69) is 13.8 Å². The third kappa shape index (κ3) is 2.48. The Morgan fingerprint density at radius 1 is 1.36 bits per heavy atom. The first-order valence-electron chi connectivity index (χ1n) is 4.89. The summed E-state index contributed by atoms with van der Waals surface area (Å²) in [6.07, 6.45) is 6.61. The van der Waals surface area contributed by atoms with Crippen LogP contribution in [0, 0.1) is 5.92 Å². The molecule has 1 rings (SSSR count). The first kappa shape index (κ1) is 9.05. The van der Waals surface area contributed by atoms with Crippen LogP contribution in [0.1, 0.15) is 52.4 Å². The van der Waals surface area contributed by atoms with Gasteiger partial charge in [-0.3, -0.25) is 0 Å². The van der Waals surface area contributed by atoms with E-state index >= 15 is 0 Å². The molecule has 0 aliphatic heterocycles. The molecular formula is C10H20O. The first-order valence-corrected chi connectivity index (χ1v) is 4.89. The van der Waals surface area contributed by atoms with E-state index in [1.807, 2.05) is 0 Å². The zero-order valence-electron chi connectivity index (χ0n) is 7.77. The highest BCUT2D eigenvalue weighted by Crippen LogP contribution is 2.34. The van der Waals surface area contributed by atoms with Gasteiger partial charge in [-0.1, -0.05) is 20.3 Å². The Bertz CT molecular complexity index is 112. The number of hydrogen-bond acceptors (Lipinski definition) is 1. The second-order valence-corrected chi connectivity index (χ2v) is 4.16. The van der Waals surface area contributed by atoms with Crippen molar-refractivity contribution in [1.29, 1.82) is 0 Å². The molecule has 1 nitrogen and oxygen atoms in total. The highest BCUT2D eigenvalue weighted by molar-refractivity contribution is 4.83. The van der Waals surface area contributed by atoms with Crippen LogP contribution in [0.25, 0.3) is 0 Å². The third-order valence-corrected chi connectivity index (χ3v) is 2.92. The van der Waals surface area contributed by atoms with Crippen molar-refractivity contribution in [3.05, 3.63) is 0 Å². The lowest BCUT2D eigenvalue weighted by molar-refractivity contribution is -0.0149. The summed E-state index contributed by atoms with van der Waals surface area (Å²) in [6, 6.07) is 0. The van der Waals surface area contributed by atoms with Gasteiger partial charge >= 0.3 is 0 Å². The van der Waals surface area contributed by atoms with Crippen molar-refractivity contribution in [1.82, 2.24) is 0 Å². The van der Waals surface area contributed by atoms with E-state index in [1.165, 1.54) is 12.8 Å². The smallest absolute Gasteiger partial charge is 0.0648 e. The van der Waals surface area contributed by atoms with E-state index in [0.717, 1.165) is 31.6 Å². The molecule has 0 unspecified atom stereocenters. The summed E-state index contributed by atoms with van der Waals surface area (Å²) in [7, 11) is 0. The average Bonchev–Trinajstić information content (AvgIpc) is 1.97. The standard InChI is InChI=1S/C10H20O/c1-3-6-10(11)7-4-9(2)5-8-10/h9,11H,3-8H2,1-2H3. The fourth-order valence-corrected chi connectivity index (χ4v) is 2.01. The molecule has 0 bridgehead atoms. The minimum absolute atomic E-state index is 0.290. The minimum atomic E-state index is -0.290. The predicted molar refractivity (Wildman–Crippen MR) is 47.5 cm³/mol. The van der Waals surface area contributed by atoms with Crippen LogP contribution in [0.15, 0.2) is 0 Å². The van der Waals surface area contributed by atoms with Crippen LogP contribution in [-0.4, -0.2) is 10.7 Å². The van der Waals surface area contributed by atoms with E-state index in [9.17, 15) is 5.11 Å². The van der Waals surface area contributed by atoms with Crippen molar-refractivity contribution >= 4 is 0 Å². The molecule has 0 spiro atoms. The Labute approximate surface area is 69.8 Å². The molecule has 11 heavy (non-hydrogen) atoms. The topological polar surface area (TPSA) is 20.2 Å². The maximum Gasteiger partial charge on any atom is 0.0648 e. The molecule has 0 atom stereocenters. The van der Waals surface area contributed by atoms with E-state index in [1.54, 1.807) is 0 Å². The second kappa shape index (κ2) is 3.57. The SMILES string of the molecule is CCCC1(O)CCC(C)CC1. The summed E-state index contributed by atoms with van der Waals surface area (Å²) in [4.78, 5) is 0. The molecule has 1 saturated carbocycles. The average molecular weight is 156 g/mol. The van der Waals surface area contributed by atoms with Crippen molar-refractivity contribution in [3.63, 3.8) is 0 Å². The van der Waals surface area contributed by atoms with Gasteiger partial charge in [0.15, 0.2) is 0 Å². The molecule has 1 aliphatic rings. The molecule has 1 aliphatic carbocycles. The molecule has 0 aromatic carbocycles. The van der Waals surface area contributed by atoms with Gasteiger partial charge in [-0.25, -0.2) is 0 Å². The highest BCUT2D eigenvalue weighted by atomic mass is 16.3. The summed E-state index contributed by atoms with van der Waals surface area (Å²) >= 11 is 0. The molecule has 0 aromatic heterocycles. The summed E-state index contributed by atoms with van der Waals surface area (Å²) in [5.74, 6) is 0.840. The molecule has 0 aromatic rings. The van der Waals surface area contributed by atoms with Crippen molar-refractivity contribution in [2.75, 3.05) is 0 Å². The summed E-state index contributed by atoms with van der Waals surface area (Å²) in [6.45, 7) is 4.43. The molecule has 0 radical (unpaired) electrons. The number of hydrogen-bond donors (Lipinski definition) is 1. The number of aliphatic hydroxyl groups is 1.